The van der Waals surface area contributed by atoms with E-state index in [1.54, 1.807) is 18.0 Å². The Hall–Kier alpha value is -1.23. The Morgan fingerprint density at radius 1 is 1.57 bits per heavy atom. The van der Waals surface area contributed by atoms with Crippen molar-refractivity contribution in [1.82, 2.24) is 14.7 Å². The fraction of sp³-hybridized carbons (Fsp3) is 0.333. The zero-order chi connectivity index (χ0) is 9.97. The molecule has 74 valence electrons. The topological polar surface area (TPSA) is 43.9 Å². The van der Waals surface area contributed by atoms with Crippen LogP contribution in [0.2, 0.25) is 0 Å². The van der Waals surface area contributed by atoms with Gasteiger partial charge in [-0.2, -0.15) is 0 Å². The van der Waals surface area contributed by atoms with E-state index < -0.39 is 0 Å². The molecule has 0 saturated heterocycles. The van der Waals surface area contributed by atoms with Crippen LogP contribution in [-0.2, 0) is 12.8 Å². The number of rotatable bonds is 3. The summed E-state index contributed by atoms with van der Waals surface area (Å²) < 4.78 is 7.07. The van der Waals surface area contributed by atoms with E-state index in [1.165, 1.54) is 0 Å². The van der Waals surface area contributed by atoms with Crippen molar-refractivity contribution >= 4 is 11.8 Å². The summed E-state index contributed by atoms with van der Waals surface area (Å²) in [5.41, 5.74) is 0.917. The molecule has 0 aliphatic heterocycles. The second-order valence-corrected chi connectivity index (χ2v) is 3.99. The third-order valence-corrected chi connectivity index (χ3v) is 2.88. The molecule has 0 amide bonds. The SMILES string of the molecule is Cc1cc(CSc2nccn2C)on1. The van der Waals surface area contributed by atoms with Crippen LogP contribution in [0.25, 0.3) is 0 Å². The van der Waals surface area contributed by atoms with Crippen molar-refractivity contribution in [3.05, 3.63) is 29.9 Å². The fourth-order valence-corrected chi connectivity index (χ4v) is 1.92. The monoisotopic (exact) mass is 209 g/mol. The van der Waals surface area contributed by atoms with Gasteiger partial charge in [-0.05, 0) is 6.92 Å². The lowest BCUT2D eigenvalue weighted by Gasteiger charge is -1.97. The van der Waals surface area contributed by atoms with Crippen molar-refractivity contribution in [3.8, 4) is 0 Å². The van der Waals surface area contributed by atoms with Gasteiger partial charge in [0.15, 0.2) is 5.16 Å². The van der Waals surface area contributed by atoms with Crippen molar-refractivity contribution in [2.45, 2.75) is 17.8 Å². The summed E-state index contributed by atoms with van der Waals surface area (Å²) in [5.74, 6) is 1.65. The first-order valence-corrected chi connectivity index (χ1v) is 5.26. The number of imidazole rings is 1. The molecule has 0 aliphatic rings. The van der Waals surface area contributed by atoms with Gasteiger partial charge in [-0.1, -0.05) is 16.9 Å². The molecule has 0 radical (unpaired) electrons. The number of aromatic nitrogens is 3. The summed E-state index contributed by atoms with van der Waals surface area (Å²) in [6.45, 7) is 1.92. The van der Waals surface area contributed by atoms with Gasteiger partial charge >= 0.3 is 0 Å². The van der Waals surface area contributed by atoms with E-state index in [9.17, 15) is 0 Å². The normalized spacial score (nSPS) is 10.7. The van der Waals surface area contributed by atoms with Gasteiger partial charge in [0, 0.05) is 25.5 Å². The van der Waals surface area contributed by atoms with Crippen LogP contribution < -0.4 is 0 Å². The Balaban J connectivity index is 1.98. The molecule has 2 aromatic heterocycles. The van der Waals surface area contributed by atoms with E-state index in [2.05, 4.69) is 10.1 Å². The van der Waals surface area contributed by atoms with Crippen molar-refractivity contribution in [1.29, 1.82) is 0 Å². The van der Waals surface area contributed by atoms with Crippen molar-refractivity contribution in [3.63, 3.8) is 0 Å². The van der Waals surface area contributed by atoms with Crippen LogP contribution in [0.5, 0.6) is 0 Å². The van der Waals surface area contributed by atoms with E-state index in [-0.39, 0.29) is 0 Å². The maximum atomic E-state index is 5.09. The third-order valence-electron chi connectivity index (χ3n) is 1.80. The predicted molar refractivity (Wildman–Crippen MR) is 54.0 cm³/mol. The summed E-state index contributed by atoms with van der Waals surface area (Å²) in [5, 5.41) is 4.81. The highest BCUT2D eigenvalue weighted by Crippen LogP contribution is 2.20. The average molecular weight is 209 g/mol. The van der Waals surface area contributed by atoms with Gasteiger partial charge in [0.25, 0.3) is 0 Å². The quantitative estimate of drug-likeness (QED) is 0.725. The zero-order valence-electron chi connectivity index (χ0n) is 8.10. The molecule has 0 spiro atoms. The zero-order valence-corrected chi connectivity index (χ0v) is 8.91. The van der Waals surface area contributed by atoms with Crippen LogP contribution in [0.1, 0.15) is 11.5 Å². The van der Waals surface area contributed by atoms with Crippen molar-refractivity contribution in [2.75, 3.05) is 0 Å². The number of aryl methyl sites for hydroxylation is 2. The minimum absolute atomic E-state index is 0.770. The summed E-state index contributed by atoms with van der Waals surface area (Å²) in [6, 6.07) is 1.94. The second kappa shape index (κ2) is 3.88. The Labute approximate surface area is 86.3 Å². The summed E-state index contributed by atoms with van der Waals surface area (Å²) >= 11 is 1.64. The average Bonchev–Trinajstić information content (AvgIpc) is 2.72. The van der Waals surface area contributed by atoms with E-state index in [1.807, 2.05) is 30.8 Å². The molecule has 0 unspecified atom stereocenters. The van der Waals surface area contributed by atoms with E-state index in [4.69, 9.17) is 4.52 Å². The van der Waals surface area contributed by atoms with Crippen LogP contribution >= 0.6 is 11.8 Å². The first-order chi connectivity index (χ1) is 6.75. The highest BCUT2D eigenvalue weighted by atomic mass is 32.2. The molecule has 0 aliphatic carbocycles. The van der Waals surface area contributed by atoms with Crippen LogP contribution in [0.3, 0.4) is 0 Å². The van der Waals surface area contributed by atoms with Gasteiger partial charge in [0.05, 0.1) is 11.4 Å². The molecule has 14 heavy (non-hydrogen) atoms. The van der Waals surface area contributed by atoms with Gasteiger partial charge in [0.1, 0.15) is 5.76 Å². The number of nitrogens with zero attached hydrogens (tertiary/aromatic N) is 3. The summed E-state index contributed by atoms with van der Waals surface area (Å²) in [6.07, 6.45) is 3.71. The maximum absolute atomic E-state index is 5.09. The third kappa shape index (κ3) is 1.98. The van der Waals surface area contributed by atoms with E-state index in [0.717, 1.165) is 22.4 Å². The van der Waals surface area contributed by atoms with Crippen molar-refractivity contribution in [2.24, 2.45) is 7.05 Å². The molecule has 0 fully saturated rings. The van der Waals surface area contributed by atoms with Crippen LogP contribution in [-0.4, -0.2) is 14.7 Å². The molecule has 0 saturated carbocycles. The number of thioether (sulfide) groups is 1. The summed E-state index contributed by atoms with van der Waals surface area (Å²) in [4.78, 5) is 4.20. The number of hydrogen-bond acceptors (Lipinski definition) is 4. The molecule has 0 aromatic carbocycles. The molecule has 2 heterocycles. The second-order valence-electron chi connectivity index (χ2n) is 3.04. The number of hydrogen-bond donors (Lipinski definition) is 0. The van der Waals surface area contributed by atoms with Gasteiger partial charge in [-0.15, -0.1) is 0 Å². The highest BCUT2D eigenvalue weighted by Gasteiger charge is 2.04. The van der Waals surface area contributed by atoms with E-state index >= 15 is 0 Å². The molecule has 2 aromatic rings. The molecule has 4 nitrogen and oxygen atoms in total. The first kappa shape index (κ1) is 9.33. The van der Waals surface area contributed by atoms with Crippen LogP contribution in [0.15, 0.2) is 28.1 Å². The van der Waals surface area contributed by atoms with Crippen LogP contribution in [0.4, 0.5) is 0 Å². The Bertz CT molecular complexity index is 421. The molecule has 0 atom stereocenters. The molecular weight excluding hydrogens is 198 g/mol. The lowest BCUT2D eigenvalue weighted by molar-refractivity contribution is 0.391. The van der Waals surface area contributed by atoms with Crippen LogP contribution in [0, 0.1) is 6.92 Å². The molecule has 0 bridgehead atoms. The summed E-state index contributed by atoms with van der Waals surface area (Å²) in [7, 11) is 1.97. The Kier molecular flexibility index (Phi) is 2.58. The lowest BCUT2D eigenvalue weighted by atomic mass is 10.4. The van der Waals surface area contributed by atoms with Gasteiger partial charge in [0.2, 0.25) is 0 Å². The molecular formula is C9H11N3OS. The molecule has 5 heteroatoms. The minimum Gasteiger partial charge on any atom is -0.360 e. The molecule has 2 rings (SSSR count). The smallest absolute Gasteiger partial charge is 0.168 e. The Morgan fingerprint density at radius 2 is 2.43 bits per heavy atom. The van der Waals surface area contributed by atoms with Gasteiger partial charge in [-0.3, -0.25) is 0 Å². The Morgan fingerprint density at radius 3 is 3.00 bits per heavy atom. The van der Waals surface area contributed by atoms with Crippen molar-refractivity contribution < 1.29 is 4.52 Å². The highest BCUT2D eigenvalue weighted by molar-refractivity contribution is 7.98. The predicted octanol–water partition coefficient (Wildman–Crippen LogP) is 2.01. The largest absolute Gasteiger partial charge is 0.360 e. The minimum atomic E-state index is 0.770. The lowest BCUT2D eigenvalue weighted by Crippen LogP contribution is -1.88. The standard InChI is InChI=1S/C9H11N3OS/c1-7-5-8(13-11-7)6-14-9-10-3-4-12(9)2/h3-5H,6H2,1-2H3. The van der Waals surface area contributed by atoms with Gasteiger partial charge < -0.3 is 9.09 Å². The van der Waals surface area contributed by atoms with E-state index in [0.29, 0.717) is 0 Å². The maximum Gasteiger partial charge on any atom is 0.168 e. The molecule has 0 N–H and O–H groups in total. The fourth-order valence-electron chi connectivity index (χ4n) is 1.11. The first-order valence-electron chi connectivity index (χ1n) is 4.28. The van der Waals surface area contributed by atoms with Gasteiger partial charge in [-0.25, -0.2) is 4.98 Å².